The second-order valence-corrected chi connectivity index (χ2v) is 5.40. The first-order chi connectivity index (χ1) is 11.2. The van der Waals surface area contributed by atoms with Gasteiger partial charge >= 0.3 is 0 Å². The number of aromatic nitrogens is 4. The zero-order valence-electron chi connectivity index (χ0n) is 12.0. The summed E-state index contributed by atoms with van der Waals surface area (Å²) in [6.45, 7) is 0. The molecular formula is C14H11N5O3S. The van der Waals surface area contributed by atoms with Crippen molar-refractivity contribution in [2.24, 2.45) is 0 Å². The number of methoxy groups -OCH3 is 1. The predicted octanol–water partition coefficient (Wildman–Crippen LogP) is 2.93. The van der Waals surface area contributed by atoms with E-state index < -0.39 is 4.92 Å². The zero-order valence-corrected chi connectivity index (χ0v) is 12.8. The number of hydrogen-bond acceptors (Lipinski definition) is 7. The monoisotopic (exact) mass is 329 g/mol. The largest absolute Gasteiger partial charge is 0.497 e. The number of ether oxygens (including phenoxy) is 1. The van der Waals surface area contributed by atoms with Gasteiger partial charge in [0.25, 0.3) is 5.69 Å². The number of aromatic amines is 1. The Labute approximate surface area is 135 Å². The highest BCUT2D eigenvalue weighted by atomic mass is 32.2. The quantitative estimate of drug-likeness (QED) is 0.566. The Morgan fingerprint density at radius 3 is 2.61 bits per heavy atom. The van der Waals surface area contributed by atoms with Gasteiger partial charge in [-0.2, -0.15) is 0 Å². The fourth-order valence-corrected chi connectivity index (χ4v) is 2.46. The highest BCUT2D eigenvalue weighted by Crippen LogP contribution is 2.26. The summed E-state index contributed by atoms with van der Waals surface area (Å²) in [4.78, 5) is 18.5. The van der Waals surface area contributed by atoms with E-state index >= 15 is 0 Å². The molecule has 0 spiro atoms. The lowest BCUT2D eigenvalue weighted by atomic mass is 10.2. The molecule has 0 aliphatic heterocycles. The number of pyridine rings is 1. The summed E-state index contributed by atoms with van der Waals surface area (Å²) in [5, 5.41) is 18.6. The lowest BCUT2D eigenvalue weighted by Crippen LogP contribution is -1.89. The van der Waals surface area contributed by atoms with E-state index in [2.05, 4.69) is 20.2 Å². The number of nitrogens with zero attached hydrogens (tertiary/aromatic N) is 4. The molecule has 0 unspecified atom stereocenters. The van der Waals surface area contributed by atoms with Crippen molar-refractivity contribution in [3.8, 4) is 17.1 Å². The number of hydrogen-bond donors (Lipinski definition) is 1. The van der Waals surface area contributed by atoms with E-state index in [1.165, 1.54) is 24.0 Å². The lowest BCUT2D eigenvalue weighted by Gasteiger charge is -1.99. The van der Waals surface area contributed by atoms with Crippen LogP contribution in [0.5, 0.6) is 5.75 Å². The number of benzene rings is 1. The summed E-state index contributed by atoms with van der Waals surface area (Å²) < 4.78 is 5.11. The summed E-state index contributed by atoms with van der Waals surface area (Å²) in [6, 6.07) is 10.4. The fraction of sp³-hybridized carbons (Fsp3) is 0.0714. The third-order valence-corrected chi connectivity index (χ3v) is 3.77. The standard InChI is InChI=1S/C14H11N5O3S/c1-22-11-5-2-9(3-6-11)13-16-14(18-17-13)23-12-7-4-10(8-15-12)19(20)21/h2-8H,1H3,(H,16,17,18). The molecule has 0 radical (unpaired) electrons. The first kappa shape index (κ1) is 15.0. The molecule has 116 valence electrons. The van der Waals surface area contributed by atoms with Gasteiger partial charge in [-0.15, -0.1) is 5.10 Å². The van der Waals surface area contributed by atoms with Crippen molar-refractivity contribution in [2.45, 2.75) is 10.2 Å². The Bertz CT molecular complexity index is 817. The number of H-pyrrole nitrogens is 1. The first-order valence-corrected chi connectivity index (χ1v) is 7.32. The molecule has 0 saturated heterocycles. The molecule has 0 aliphatic carbocycles. The van der Waals surface area contributed by atoms with Gasteiger partial charge in [-0.1, -0.05) is 0 Å². The van der Waals surface area contributed by atoms with Gasteiger partial charge in [0, 0.05) is 11.6 Å². The maximum absolute atomic E-state index is 10.6. The molecule has 0 fully saturated rings. The average Bonchev–Trinajstić information content (AvgIpc) is 3.04. The van der Waals surface area contributed by atoms with Gasteiger partial charge in [0.1, 0.15) is 17.0 Å². The maximum atomic E-state index is 10.6. The van der Waals surface area contributed by atoms with E-state index in [9.17, 15) is 10.1 Å². The molecular weight excluding hydrogens is 318 g/mol. The summed E-state index contributed by atoms with van der Waals surface area (Å²) in [5.41, 5.74) is 0.824. The van der Waals surface area contributed by atoms with Gasteiger partial charge < -0.3 is 4.74 Å². The fourth-order valence-electron chi connectivity index (χ4n) is 1.80. The lowest BCUT2D eigenvalue weighted by molar-refractivity contribution is -0.385. The van der Waals surface area contributed by atoms with E-state index in [1.54, 1.807) is 13.2 Å². The minimum Gasteiger partial charge on any atom is -0.497 e. The number of nitrogens with one attached hydrogen (secondary N) is 1. The molecule has 3 aromatic rings. The molecule has 8 nitrogen and oxygen atoms in total. The van der Waals surface area contributed by atoms with E-state index in [0.717, 1.165) is 11.3 Å². The summed E-state index contributed by atoms with van der Waals surface area (Å²) in [7, 11) is 1.61. The molecule has 9 heteroatoms. The Balaban J connectivity index is 1.74. The SMILES string of the molecule is COc1ccc(-c2nc(Sc3ccc([N+](=O)[O-])cn3)n[nH]2)cc1. The average molecular weight is 329 g/mol. The van der Waals surface area contributed by atoms with Crippen molar-refractivity contribution in [1.29, 1.82) is 0 Å². The molecule has 2 aromatic heterocycles. The van der Waals surface area contributed by atoms with Crippen LogP contribution in [0.2, 0.25) is 0 Å². The molecule has 1 aromatic carbocycles. The van der Waals surface area contributed by atoms with Crippen molar-refractivity contribution in [1.82, 2.24) is 20.2 Å². The Morgan fingerprint density at radius 1 is 1.22 bits per heavy atom. The van der Waals surface area contributed by atoms with Gasteiger partial charge in [-0.05, 0) is 42.1 Å². The van der Waals surface area contributed by atoms with Crippen LogP contribution in [0.4, 0.5) is 5.69 Å². The van der Waals surface area contributed by atoms with Crippen LogP contribution in [0.1, 0.15) is 0 Å². The van der Waals surface area contributed by atoms with Gasteiger partial charge in [0.05, 0.1) is 12.0 Å². The Kier molecular flexibility index (Phi) is 4.20. The first-order valence-electron chi connectivity index (χ1n) is 6.51. The highest BCUT2D eigenvalue weighted by molar-refractivity contribution is 7.99. The Morgan fingerprint density at radius 2 is 2.00 bits per heavy atom. The van der Waals surface area contributed by atoms with Crippen LogP contribution in [-0.4, -0.2) is 32.2 Å². The second kappa shape index (κ2) is 6.44. The van der Waals surface area contributed by atoms with E-state index in [-0.39, 0.29) is 5.69 Å². The van der Waals surface area contributed by atoms with Crippen LogP contribution >= 0.6 is 11.8 Å². The minimum absolute atomic E-state index is 0.0525. The van der Waals surface area contributed by atoms with Crippen LogP contribution in [-0.2, 0) is 0 Å². The topological polar surface area (TPSA) is 107 Å². The molecule has 3 rings (SSSR count). The molecule has 0 saturated carbocycles. The van der Waals surface area contributed by atoms with Gasteiger partial charge in [0.2, 0.25) is 5.16 Å². The number of rotatable bonds is 5. The highest BCUT2D eigenvalue weighted by Gasteiger charge is 2.10. The molecule has 1 N–H and O–H groups in total. The van der Waals surface area contributed by atoms with Gasteiger partial charge in [-0.3, -0.25) is 15.2 Å². The minimum atomic E-state index is -0.490. The summed E-state index contributed by atoms with van der Waals surface area (Å²) >= 11 is 1.22. The van der Waals surface area contributed by atoms with Crippen LogP contribution < -0.4 is 4.74 Å². The zero-order chi connectivity index (χ0) is 16.2. The van der Waals surface area contributed by atoms with E-state index in [4.69, 9.17) is 4.74 Å². The third kappa shape index (κ3) is 3.46. The van der Waals surface area contributed by atoms with E-state index in [0.29, 0.717) is 16.0 Å². The van der Waals surface area contributed by atoms with Gasteiger partial charge in [-0.25, -0.2) is 9.97 Å². The predicted molar refractivity (Wildman–Crippen MR) is 83.4 cm³/mol. The van der Waals surface area contributed by atoms with E-state index in [1.807, 2.05) is 24.3 Å². The molecule has 0 aliphatic rings. The molecule has 0 bridgehead atoms. The van der Waals surface area contributed by atoms with Crippen molar-refractivity contribution in [3.05, 3.63) is 52.7 Å². The maximum Gasteiger partial charge on any atom is 0.287 e. The normalized spacial score (nSPS) is 10.5. The molecule has 0 amide bonds. The second-order valence-electron chi connectivity index (χ2n) is 4.41. The smallest absolute Gasteiger partial charge is 0.287 e. The van der Waals surface area contributed by atoms with Crippen molar-refractivity contribution in [2.75, 3.05) is 7.11 Å². The van der Waals surface area contributed by atoms with Crippen LogP contribution in [0.25, 0.3) is 11.4 Å². The summed E-state index contributed by atoms with van der Waals surface area (Å²) in [5.74, 6) is 1.38. The van der Waals surface area contributed by atoms with Crippen molar-refractivity contribution >= 4 is 17.4 Å². The van der Waals surface area contributed by atoms with Crippen molar-refractivity contribution < 1.29 is 9.66 Å². The van der Waals surface area contributed by atoms with Gasteiger partial charge in [0.15, 0.2) is 5.82 Å². The van der Waals surface area contributed by atoms with Crippen molar-refractivity contribution in [3.63, 3.8) is 0 Å². The molecule has 2 heterocycles. The van der Waals surface area contributed by atoms with Crippen LogP contribution in [0.3, 0.4) is 0 Å². The summed E-state index contributed by atoms with van der Waals surface area (Å²) in [6.07, 6.45) is 1.21. The third-order valence-electron chi connectivity index (χ3n) is 2.96. The molecule has 23 heavy (non-hydrogen) atoms. The van der Waals surface area contributed by atoms with Crippen LogP contribution in [0, 0.1) is 10.1 Å². The Hall–Kier alpha value is -2.94. The number of nitro groups is 1. The molecule has 0 atom stereocenters. The van der Waals surface area contributed by atoms with Crippen LogP contribution in [0.15, 0.2) is 52.8 Å².